The van der Waals surface area contributed by atoms with E-state index < -0.39 is 0 Å². The fraction of sp³-hybridized carbons (Fsp3) is 0.143. The lowest BCUT2D eigenvalue weighted by Gasteiger charge is -2.37. The van der Waals surface area contributed by atoms with Gasteiger partial charge in [0.2, 0.25) is 0 Å². The van der Waals surface area contributed by atoms with E-state index in [-0.39, 0.29) is 17.6 Å². The van der Waals surface area contributed by atoms with Crippen LogP contribution in [0.5, 0.6) is 0 Å². The number of ketones is 1. The van der Waals surface area contributed by atoms with E-state index in [4.69, 9.17) is 0 Å². The molecule has 2 atom stereocenters. The highest BCUT2D eigenvalue weighted by atomic mass is 16.1. The van der Waals surface area contributed by atoms with Crippen LogP contribution in [-0.4, -0.2) is 10.8 Å². The number of hydrogen-bond donors (Lipinski definition) is 1. The minimum absolute atomic E-state index is 0.0791. The van der Waals surface area contributed by atoms with Gasteiger partial charge < -0.3 is 5.32 Å². The molecule has 0 saturated heterocycles. The first-order chi connectivity index (χ1) is 15.3. The quantitative estimate of drug-likeness (QED) is 0.434. The molecule has 1 aliphatic heterocycles. The molecule has 0 radical (unpaired) electrons. The highest BCUT2D eigenvalue weighted by Crippen LogP contribution is 2.49. The molecule has 0 fully saturated rings. The van der Waals surface area contributed by atoms with E-state index in [0.29, 0.717) is 6.42 Å². The Hall–Kier alpha value is -3.72. The molecule has 3 nitrogen and oxygen atoms in total. The van der Waals surface area contributed by atoms with Gasteiger partial charge in [0, 0.05) is 40.9 Å². The lowest BCUT2D eigenvalue weighted by Crippen LogP contribution is -2.30. The Morgan fingerprint density at radius 2 is 1.52 bits per heavy atom. The van der Waals surface area contributed by atoms with E-state index in [1.807, 2.05) is 24.4 Å². The van der Waals surface area contributed by atoms with Crippen LogP contribution < -0.4 is 5.32 Å². The zero-order valence-electron chi connectivity index (χ0n) is 17.1. The average Bonchev–Trinajstić information content (AvgIpc) is 2.83. The second-order valence-corrected chi connectivity index (χ2v) is 8.40. The number of nitrogens with zero attached hydrogens (tertiary/aromatic N) is 1. The maximum atomic E-state index is 13.6. The third-order valence-electron chi connectivity index (χ3n) is 6.60. The summed E-state index contributed by atoms with van der Waals surface area (Å²) in [4.78, 5) is 18.2. The number of anilines is 1. The topological polar surface area (TPSA) is 42.0 Å². The fourth-order valence-electron chi connectivity index (χ4n) is 5.23. The first-order valence-electron chi connectivity index (χ1n) is 10.8. The molecular weight excluding hydrogens is 380 g/mol. The Morgan fingerprint density at radius 1 is 0.774 bits per heavy atom. The number of carbonyl (C=O) groups is 1. The second kappa shape index (κ2) is 7.21. The van der Waals surface area contributed by atoms with Crippen molar-refractivity contribution in [1.29, 1.82) is 0 Å². The summed E-state index contributed by atoms with van der Waals surface area (Å²) in [5.74, 6) is 0.368. The Morgan fingerprint density at radius 3 is 2.29 bits per heavy atom. The molecule has 1 N–H and O–H groups in total. The normalized spacial score (nSPS) is 20.2. The molecule has 150 valence electrons. The van der Waals surface area contributed by atoms with Gasteiger partial charge in [-0.05, 0) is 47.2 Å². The monoisotopic (exact) mass is 402 g/mol. The van der Waals surface area contributed by atoms with Crippen LogP contribution in [0.2, 0.25) is 0 Å². The standard InChI is InChI=1S/C28H22N2O/c31-25-17-20(18-8-3-1-4-9-18)16-24-28(25)26(19-10-5-2-6-11-19)27-21-12-7-15-29-22(21)13-14-23(27)30-24/h1-15,20,26,30H,16-17H2/t20-,26+/m1/s1. The van der Waals surface area contributed by atoms with Gasteiger partial charge in [0.05, 0.1) is 5.52 Å². The first kappa shape index (κ1) is 18.1. The predicted octanol–water partition coefficient (Wildman–Crippen LogP) is 6.19. The maximum Gasteiger partial charge on any atom is 0.162 e. The number of rotatable bonds is 2. The first-order valence-corrected chi connectivity index (χ1v) is 10.8. The molecule has 3 heteroatoms. The van der Waals surface area contributed by atoms with Crippen molar-refractivity contribution in [1.82, 2.24) is 4.98 Å². The van der Waals surface area contributed by atoms with Crippen molar-refractivity contribution in [3.63, 3.8) is 0 Å². The molecule has 3 aromatic carbocycles. The van der Waals surface area contributed by atoms with Crippen molar-refractivity contribution in [2.24, 2.45) is 0 Å². The molecule has 0 spiro atoms. The lowest BCUT2D eigenvalue weighted by atomic mass is 9.71. The molecule has 31 heavy (non-hydrogen) atoms. The predicted molar refractivity (Wildman–Crippen MR) is 124 cm³/mol. The largest absolute Gasteiger partial charge is 0.358 e. The molecule has 1 aromatic heterocycles. The van der Waals surface area contributed by atoms with Crippen molar-refractivity contribution in [2.45, 2.75) is 24.7 Å². The van der Waals surface area contributed by atoms with Gasteiger partial charge in [0.15, 0.2) is 5.78 Å². The van der Waals surface area contributed by atoms with Gasteiger partial charge >= 0.3 is 0 Å². The van der Waals surface area contributed by atoms with Crippen molar-refractivity contribution in [3.05, 3.63) is 119 Å². The number of allylic oxidation sites excluding steroid dienone is 2. The number of pyridine rings is 1. The number of hydrogen-bond acceptors (Lipinski definition) is 3. The van der Waals surface area contributed by atoms with Crippen LogP contribution in [0, 0.1) is 0 Å². The Bertz CT molecular complexity index is 1330. The van der Waals surface area contributed by atoms with Gasteiger partial charge in [-0.1, -0.05) is 66.7 Å². The molecular formula is C28H22N2O. The number of aromatic nitrogens is 1. The van der Waals surface area contributed by atoms with E-state index in [0.717, 1.165) is 45.4 Å². The third kappa shape index (κ3) is 2.97. The number of fused-ring (bicyclic) bond motifs is 3. The Kier molecular flexibility index (Phi) is 4.20. The number of carbonyl (C=O) groups excluding carboxylic acids is 1. The van der Waals surface area contributed by atoms with Crippen LogP contribution in [0.15, 0.2) is 102 Å². The zero-order valence-corrected chi connectivity index (χ0v) is 17.1. The summed E-state index contributed by atoms with van der Waals surface area (Å²) in [7, 11) is 0. The van der Waals surface area contributed by atoms with Gasteiger partial charge in [0.1, 0.15) is 0 Å². The lowest BCUT2D eigenvalue weighted by molar-refractivity contribution is -0.116. The molecule has 6 rings (SSSR count). The fourth-order valence-corrected chi connectivity index (χ4v) is 5.23. The second-order valence-electron chi connectivity index (χ2n) is 8.40. The van der Waals surface area contributed by atoms with Gasteiger partial charge in [-0.15, -0.1) is 0 Å². The summed E-state index contributed by atoms with van der Waals surface area (Å²) in [5.41, 5.74) is 7.56. The van der Waals surface area contributed by atoms with E-state index >= 15 is 0 Å². The smallest absolute Gasteiger partial charge is 0.162 e. The number of benzene rings is 3. The maximum absolute atomic E-state index is 13.6. The summed E-state index contributed by atoms with van der Waals surface area (Å²) in [6, 6.07) is 29.1. The molecule has 4 aromatic rings. The van der Waals surface area contributed by atoms with Crippen molar-refractivity contribution < 1.29 is 4.79 Å². The van der Waals surface area contributed by atoms with Gasteiger partial charge in [-0.3, -0.25) is 9.78 Å². The highest BCUT2D eigenvalue weighted by Gasteiger charge is 2.39. The Balaban J connectivity index is 1.56. The molecule has 0 amide bonds. The molecule has 0 saturated carbocycles. The average molecular weight is 402 g/mol. The number of Topliss-reactive ketones (excluding diaryl/α,β-unsaturated/α-hetero) is 1. The minimum Gasteiger partial charge on any atom is -0.358 e. The van der Waals surface area contributed by atoms with Crippen LogP contribution >= 0.6 is 0 Å². The highest BCUT2D eigenvalue weighted by molar-refractivity contribution is 6.04. The van der Waals surface area contributed by atoms with Gasteiger partial charge in [-0.2, -0.15) is 0 Å². The summed E-state index contributed by atoms with van der Waals surface area (Å²) in [5, 5.41) is 4.75. The Labute approximate surface area is 181 Å². The van der Waals surface area contributed by atoms with Crippen LogP contribution in [0.4, 0.5) is 5.69 Å². The van der Waals surface area contributed by atoms with Gasteiger partial charge in [0.25, 0.3) is 0 Å². The van der Waals surface area contributed by atoms with Gasteiger partial charge in [-0.25, -0.2) is 0 Å². The zero-order chi connectivity index (χ0) is 20.8. The molecule has 2 aliphatic rings. The number of nitrogens with one attached hydrogen (secondary N) is 1. The van der Waals surface area contributed by atoms with Crippen molar-refractivity contribution >= 4 is 22.4 Å². The SMILES string of the molecule is O=C1C[C@H](c2ccccc2)CC2=C1[C@@H](c1ccccc1)c1c(ccc3ncccc13)N2. The molecule has 0 unspecified atom stereocenters. The molecule has 0 bridgehead atoms. The summed E-state index contributed by atoms with van der Waals surface area (Å²) in [6.07, 6.45) is 3.22. The molecule has 1 aliphatic carbocycles. The van der Waals surface area contributed by atoms with Crippen molar-refractivity contribution in [3.8, 4) is 0 Å². The van der Waals surface area contributed by atoms with Crippen LogP contribution in [0.3, 0.4) is 0 Å². The van der Waals surface area contributed by atoms with E-state index in [1.165, 1.54) is 5.56 Å². The van der Waals surface area contributed by atoms with E-state index in [2.05, 4.69) is 77.0 Å². The third-order valence-corrected chi connectivity index (χ3v) is 6.60. The van der Waals surface area contributed by atoms with E-state index in [1.54, 1.807) is 0 Å². The van der Waals surface area contributed by atoms with Crippen LogP contribution in [0.25, 0.3) is 10.9 Å². The van der Waals surface area contributed by atoms with Crippen molar-refractivity contribution in [2.75, 3.05) is 5.32 Å². The summed E-state index contributed by atoms with van der Waals surface area (Å²) < 4.78 is 0. The minimum atomic E-state index is -0.0791. The summed E-state index contributed by atoms with van der Waals surface area (Å²) in [6.45, 7) is 0. The van der Waals surface area contributed by atoms with Crippen LogP contribution in [-0.2, 0) is 4.79 Å². The van der Waals surface area contributed by atoms with Crippen LogP contribution in [0.1, 0.15) is 41.4 Å². The molecule has 2 heterocycles. The summed E-state index contributed by atoms with van der Waals surface area (Å²) >= 11 is 0. The van der Waals surface area contributed by atoms with E-state index in [9.17, 15) is 4.79 Å².